The molecule has 3 rings (SSSR count). The molecular weight excluding hydrogens is 415 g/mol. The van der Waals surface area contributed by atoms with Gasteiger partial charge in [-0.15, -0.1) is 0 Å². The fourth-order valence-corrected chi connectivity index (χ4v) is 2.95. The number of rotatable bonds is 6. The fourth-order valence-electron chi connectivity index (χ4n) is 2.54. The Morgan fingerprint density at radius 1 is 1.21 bits per heavy atom. The minimum Gasteiger partial charge on any atom is -0.462 e. The molecule has 0 atom stereocenters. The predicted molar refractivity (Wildman–Crippen MR) is 115 cm³/mol. The minimum absolute atomic E-state index is 0.240. The molecule has 150 valence electrons. The third-order valence-corrected chi connectivity index (χ3v) is 4.37. The summed E-state index contributed by atoms with van der Waals surface area (Å²) >= 11 is 11.5. The van der Waals surface area contributed by atoms with Crippen LogP contribution in [0.3, 0.4) is 0 Å². The number of nitrogens with one attached hydrogen (secondary N) is 2. The van der Waals surface area contributed by atoms with E-state index >= 15 is 0 Å². The summed E-state index contributed by atoms with van der Waals surface area (Å²) in [5, 5.41) is 10.8. The van der Waals surface area contributed by atoms with Gasteiger partial charge in [0.25, 0.3) is 0 Å². The molecule has 2 N–H and O–H groups in total. The first-order valence-electron chi connectivity index (χ1n) is 8.78. The van der Waals surface area contributed by atoms with Crippen molar-refractivity contribution in [1.29, 1.82) is 0 Å². The van der Waals surface area contributed by atoms with Crippen LogP contribution in [0.15, 0.2) is 54.7 Å². The average Bonchev–Trinajstić information content (AvgIpc) is 3.03. The van der Waals surface area contributed by atoms with Gasteiger partial charge in [-0.1, -0.05) is 29.8 Å². The summed E-state index contributed by atoms with van der Waals surface area (Å²) < 4.78 is 20.3. The zero-order chi connectivity index (χ0) is 20.8. The van der Waals surface area contributed by atoms with E-state index in [0.717, 1.165) is 0 Å². The number of thiocarbonyl (C=S) groups is 1. The number of aromatic nitrogens is 2. The fraction of sp³-hybridized carbons (Fsp3) is 0.150. The van der Waals surface area contributed by atoms with E-state index in [0.29, 0.717) is 34.3 Å². The van der Waals surface area contributed by atoms with Crippen LogP contribution in [0.5, 0.6) is 0 Å². The maximum absolute atomic E-state index is 13.8. The molecule has 0 aliphatic rings. The van der Waals surface area contributed by atoms with Crippen molar-refractivity contribution < 1.29 is 13.9 Å². The molecular formula is C20H18ClFN4O2S. The number of anilines is 2. The van der Waals surface area contributed by atoms with Crippen LogP contribution in [0.25, 0.3) is 0 Å². The Hall–Kier alpha value is -2.97. The van der Waals surface area contributed by atoms with E-state index < -0.39 is 0 Å². The Kier molecular flexibility index (Phi) is 6.79. The number of ether oxygens (including phenoxy) is 1. The maximum Gasteiger partial charge on any atom is 0.338 e. The third kappa shape index (κ3) is 5.52. The molecule has 0 saturated heterocycles. The summed E-state index contributed by atoms with van der Waals surface area (Å²) in [7, 11) is 0. The van der Waals surface area contributed by atoms with Gasteiger partial charge in [0.2, 0.25) is 0 Å². The molecule has 0 fully saturated rings. The van der Waals surface area contributed by atoms with Crippen molar-refractivity contribution in [3.63, 3.8) is 0 Å². The maximum atomic E-state index is 13.8. The first-order chi connectivity index (χ1) is 14.0. The quantitative estimate of drug-likeness (QED) is 0.434. The van der Waals surface area contributed by atoms with Gasteiger partial charge < -0.3 is 15.4 Å². The van der Waals surface area contributed by atoms with Gasteiger partial charge in [0.15, 0.2) is 10.9 Å². The van der Waals surface area contributed by atoms with E-state index in [9.17, 15) is 9.18 Å². The highest BCUT2D eigenvalue weighted by Gasteiger charge is 2.11. The molecule has 2 aromatic carbocycles. The Morgan fingerprint density at radius 2 is 1.93 bits per heavy atom. The van der Waals surface area contributed by atoms with E-state index in [-0.39, 0.29) is 23.4 Å². The van der Waals surface area contributed by atoms with Gasteiger partial charge in [0.05, 0.1) is 18.7 Å². The van der Waals surface area contributed by atoms with Crippen molar-refractivity contribution >= 4 is 46.4 Å². The van der Waals surface area contributed by atoms with Crippen molar-refractivity contribution in [2.45, 2.75) is 13.5 Å². The molecule has 0 aliphatic heterocycles. The van der Waals surface area contributed by atoms with E-state index in [1.54, 1.807) is 55.6 Å². The van der Waals surface area contributed by atoms with E-state index in [1.807, 2.05) is 0 Å². The molecule has 3 aromatic rings. The zero-order valence-electron chi connectivity index (χ0n) is 15.5. The lowest BCUT2D eigenvalue weighted by Crippen LogP contribution is -2.20. The first kappa shape index (κ1) is 20.8. The van der Waals surface area contributed by atoms with E-state index in [1.165, 1.54) is 10.7 Å². The molecule has 0 bridgehead atoms. The number of carbonyl (C=O) groups excluding carboxylic acids is 1. The molecule has 0 amide bonds. The molecule has 0 saturated carbocycles. The second-order valence-electron chi connectivity index (χ2n) is 5.99. The lowest BCUT2D eigenvalue weighted by molar-refractivity contribution is 0.0526. The molecule has 1 aromatic heterocycles. The van der Waals surface area contributed by atoms with Crippen molar-refractivity contribution in [2.75, 3.05) is 17.2 Å². The largest absolute Gasteiger partial charge is 0.462 e. The lowest BCUT2D eigenvalue weighted by Gasteiger charge is -2.09. The summed E-state index contributed by atoms with van der Waals surface area (Å²) in [6.07, 6.45) is 1.59. The summed E-state index contributed by atoms with van der Waals surface area (Å²) in [5.41, 5.74) is 1.63. The number of hydrogen-bond acceptors (Lipinski definition) is 4. The SMILES string of the molecule is CCOC(=O)c1ccc(NC(=S)Nc2nn(Cc3ccccc3F)cc2Cl)cc1. The number of halogens is 2. The van der Waals surface area contributed by atoms with Gasteiger partial charge in [-0.2, -0.15) is 5.10 Å². The number of nitrogens with zero attached hydrogens (tertiary/aromatic N) is 2. The number of benzene rings is 2. The highest BCUT2D eigenvalue weighted by molar-refractivity contribution is 7.80. The molecule has 1 heterocycles. The molecule has 0 radical (unpaired) electrons. The number of esters is 1. The Balaban J connectivity index is 1.61. The van der Waals surface area contributed by atoms with Crippen molar-refractivity contribution in [2.24, 2.45) is 0 Å². The van der Waals surface area contributed by atoms with Crippen molar-refractivity contribution in [1.82, 2.24) is 9.78 Å². The number of carbonyl (C=O) groups is 1. The predicted octanol–water partition coefficient (Wildman–Crippen LogP) is 4.71. The monoisotopic (exact) mass is 432 g/mol. The summed E-state index contributed by atoms with van der Waals surface area (Å²) in [6, 6.07) is 13.2. The van der Waals surface area contributed by atoms with Gasteiger partial charge in [0.1, 0.15) is 10.8 Å². The van der Waals surface area contributed by atoms with Crippen LogP contribution in [0.4, 0.5) is 15.9 Å². The number of hydrogen-bond donors (Lipinski definition) is 2. The van der Waals surface area contributed by atoms with Crippen molar-refractivity contribution in [3.8, 4) is 0 Å². The standard InChI is InChI=1S/C20H18ClFN4O2S/c1-2-28-19(27)13-7-9-15(10-8-13)23-20(29)24-18-16(21)12-26(25-18)11-14-5-3-4-6-17(14)22/h3-10,12H,2,11H2,1H3,(H2,23,24,25,29). The second-order valence-corrected chi connectivity index (χ2v) is 6.81. The summed E-state index contributed by atoms with van der Waals surface area (Å²) in [6.45, 7) is 2.31. The topological polar surface area (TPSA) is 68.2 Å². The molecule has 0 aliphatic carbocycles. The summed E-state index contributed by atoms with van der Waals surface area (Å²) in [5.74, 6) is -0.340. The van der Waals surface area contributed by atoms with Crippen molar-refractivity contribution in [3.05, 3.63) is 76.7 Å². The van der Waals surface area contributed by atoms with Crippen LogP contribution in [0, 0.1) is 5.82 Å². The van der Waals surface area contributed by atoms with E-state index in [2.05, 4.69) is 15.7 Å². The van der Waals surface area contributed by atoms with Gasteiger partial charge >= 0.3 is 5.97 Å². The zero-order valence-corrected chi connectivity index (χ0v) is 17.1. The molecule has 0 unspecified atom stereocenters. The van der Waals surface area contributed by atoms with Crippen LogP contribution < -0.4 is 10.6 Å². The molecule has 29 heavy (non-hydrogen) atoms. The van der Waals surface area contributed by atoms with Gasteiger partial charge in [-0.25, -0.2) is 9.18 Å². The van der Waals surface area contributed by atoms with Crippen LogP contribution in [0.2, 0.25) is 5.02 Å². The first-order valence-corrected chi connectivity index (χ1v) is 9.56. The highest BCUT2D eigenvalue weighted by atomic mass is 35.5. The van der Waals surface area contributed by atoms with Gasteiger partial charge in [-0.3, -0.25) is 4.68 Å². The molecule has 9 heteroatoms. The lowest BCUT2D eigenvalue weighted by atomic mass is 10.2. The van der Waals surface area contributed by atoms with E-state index in [4.69, 9.17) is 28.6 Å². The highest BCUT2D eigenvalue weighted by Crippen LogP contribution is 2.21. The Bertz CT molecular complexity index is 1020. The van der Waals surface area contributed by atoms with Crippen LogP contribution in [-0.2, 0) is 11.3 Å². The third-order valence-electron chi connectivity index (χ3n) is 3.89. The second kappa shape index (κ2) is 9.49. The summed E-state index contributed by atoms with van der Waals surface area (Å²) in [4.78, 5) is 11.7. The van der Waals surface area contributed by atoms with Gasteiger partial charge in [-0.05, 0) is 49.5 Å². The normalized spacial score (nSPS) is 10.4. The van der Waals surface area contributed by atoms with Crippen LogP contribution in [0.1, 0.15) is 22.8 Å². The smallest absolute Gasteiger partial charge is 0.338 e. The average molecular weight is 433 g/mol. The molecule has 6 nitrogen and oxygen atoms in total. The van der Waals surface area contributed by atoms with Crippen LogP contribution >= 0.6 is 23.8 Å². The molecule has 0 spiro atoms. The van der Waals surface area contributed by atoms with Crippen LogP contribution in [-0.4, -0.2) is 27.5 Å². The minimum atomic E-state index is -0.382. The Morgan fingerprint density at radius 3 is 2.62 bits per heavy atom. The Labute approximate surface area is 177 Å². The van der Waals surface area contributed by atoms with Gasteiger partial charge in [0, 0.05) is 17.4 Å².